The number of esters is 1. The van der Waals surface area contributed by atoms with Crippen LogP contribution >= 0.6 is 27.5 Å². The molecule has 0 N–H and O–H groups in total. The first-order valence-electron chi connectivity index (χ1n) is 3.88. The van der Waals surface area contributed by atoms with Crippen molar-refractivity contribution in [1.82, 2.24) is 0 Å². The monoisotopic (exact) mass is 280 g/mol. The van der Waals surface area contributed by atoms with Crippen LogP contribution in [0.4, 0.5) is 4.39 Å². The van der Waals surface area contributed by atoms with E-state index in [1.165, 1.54) is 6.07 Å². The molecule has 0 aromatic heterocycles. The van der Waals surface area contributed by atoms with Crippen molar-refractivity contribution in [3.05, 3.63) is 33.0 Å². The second-order valence-corrected chi connectivity index (χ2v) is 3.73. The summed E-state index contributed by atoms with van der Waals surface area (Å²) in [4.78, 5) is 11.3. The van der Waals surface area contributed by atoms with Crippen LogP contribution in [-0.4, -0.2) is 12.6 Å². The first-order valence-corrected chi connectivity index (χ1v) is 5.05. The molecule has 2 nitrogen and oxygen atoms in total. The third-order valence-electron chi connectivity index (χ3n) is 1.51. The van der Waals surface area contributed by atoms with E-state index in [2.05, 4.69) is 15.9 Å². The van der Waals surface area contributed by atoms with Gasteiger partial charge in [-0.1, -0.05) is 11.6 Å². The van der Waals surface area contributed by atoms with E-state index in [4.69, 9.17) is 16.3 Å². The number of carbonyl (C=O) groups is 1. The summed E-state index contributed by atoms with van der Waals surface area (Å²) in [5.74, 6) is -1.07. The first kappa shape index (κ1) is 11.5. The number of hydrogen-bond acceptors (Lipinski definition) is 2. The van der Waals surface area contributed by atoms with Crippen molar-refractivity contribution in [3.8, 4) is 0 Å². The van der Waals surface area contributed by atoms with Crippen LogP contribution in [0.15, 0.2) is 16.6 Å². The summed E-state index contributed by atoms with van der Waals surface area (Å²) < 4.78 is 17.8. The summed E-state index contributed by atoms with van der Waals surface area (Å²) >= 11 is 8.63. The molecule has 0 saturated carbocycles. The van der Waals surface area contributed by atoms with Gasteiger partial charge in [0.2, 0.25) is 0 Å². The molecule has 0 unspecified atom stereocenters. The molecule has 0 radical (unpaired) electrons. The zero-order chi connectivity index (χ0) is 10.7. The summed E-state index contributed by atoms with van der Waals surface area (Å²) in [6.07, 6.45) is 0. The van der Waals surface area contributed by atoms with E-state index in [1.807, 2.05) is 0 Å². The Morgan fingerprint density at radius 3 is 2.86 bits per heavy atom. The second kappa shape index (κ2) is 4.75. The average Bonchev–Trinajstić information content (AvgIpc) is 2.11. The second-order valence-electron chi connectivity index (χ2n) is 2.47. The van der Waals surface area contributed by atoms with E-state index < -0.39 is 11.8 Å². The average molecular weight is 282 g/mol. The molecule has 0 aliphatic heterocycles. The van der Waals surface area contributed by atoms with Crippen molar-refractivity contribution in [3.63, 3.8) is 0 Å². The Bertz CT molecular complexity index is 368. The Kier molecular flexibility index (Phi) is 3.89. The smallest absolute Gasteiger partial charge is 0.339 e. The highest BCUT2D eigenvalue weighted by molar-refractivity contribution is 9.10. The molecular weight excluding hydrogens is 274 g/mol. The maximum Gasteiger partial charge on any atom is 0.339 e. The minimum Gasteiger partial charge on any atom is -0.462 e. The first-order chi connectivity index (χ1) is 6.56. The number of benzene rings is 1. The van der Waals surface area contributed by atoms with Gasteiger partial charge in [0, 0.05) is 0 Å². The van der Waals surface area contributed by atoms with Crippen LogP contribution in [-0.2, 0) is 4.74 Å². The highest BCUT2D eigenvalue weighted by Crippen LogP contribution is 2.24. The quantitative estimate of drug-likeness (QED) is 0.613. The highest BCUT2D eigenvalue weighted by Gasteiger charge is 2.14. The summed E-state index contributed by atoms with van der Waals surface area (Å²) in [6.45, 7) is 1.94. The largest absolute Gasteiger partial charge is 0.462 e. The summed E-state index contributed by atoms with van der Waals surface area (Å²) in [7, 11) is 0. The summed E-state index contributed by atoms with van der Waals surface area (Å²) in [5, 5.41) is 0.0455. The van der Waals surface area contributed by atoms with Crippen LogP contribution < -0.4 is 0 Å². The topological polar surface area (TPSA) is 26.3 Å². The van der Waals surface area contributed by atoms with E-state index >= 15 is 0 Å². The highest BCUT2D eigenvalue weighted by atomic mass is 79.9. The predicted octanol–water partition coefficient (Wildman–Crippen LogP) is 3.42. The van der Waals surface area contributed by atoms with Gasteiger partial charge >= 0.3 is 5.97 Å². The van der Waals surface area contributed by atoms with Crippen LogP contribution in [0, 0.1) is 5.82 Å². The third kappa shape index (κ3) is 2.45. The molecule has 0 heterocycles. The zero-order valence-corrected chi connectivity index (χ0v) is 9.65. The van der Waals surface area contributed by atoms with Gasteiger partial charge < -0.3 is 4.74 Å². The molecule has 0 bridgehead atoms. The van der Waals surface area contributed by atoms with Crippen molar-refractivity contribution in [2.45, 2.75) is 6.92 Å². The van der Waals surface area contributed by atoms with Gasteiger partial charge in [-0.25, -0.2) is 9.18 Å². The van der Waals surface area contributed by atoms with Crippen LogP contribution in [0.2, 0.25) is 5.02 Å². The lowest BCUT2D eigenvalue weighted by molar-refractivity contribution is 0.0526. The molecule has 0 aliphatic rings. The molecule has 1 aromatic rings. The molecule has 0 saturated heterocycles. The van der Waals surface area contributed by atoms with Gasteiger partial charge in [0.1, 0.15) is 5.82 Å². The van der Waals surface area contributed by atoms with Gasteiger partial charge in [0.25, 0.3) is 0 Å². The lowest BCUT2D eigenvalue weighted by atomic mass is 10.2. The van der Waals surface area contributed by atoms with Crippen LogP contribution in [0.3, 0.4) is 0 Å². The molecule has 1 aromatic carbocycles. The molecule has 0 atom stereocenters. The molecule has 0 aliphatic carbocycles. The Morgan fingerprint density at radius 1 is 1.64 bits per heavy atom. The Balaban J connectivity index is 3.09. The van der Waals surface area contributed by atoms with E-state index in [9.17, 15) is 9.18 Å². The Hall–Kier alpha value is -0.610. The lowest BCUT2D eigenvalue weighted by Crippen LogP contribution is -2.05. The van der Waals surface area contributed by atoms with Crippen LogP contribution in [0.1, 0.15) is 17.3 Å². The fourth-order valence-corrected chi connectivity index (χ4v) is 1.46. The van der Waals surface area contributed by atoms with E-state index in [0.29, 0.717) is 0 Å². The number of hydrogen-bond donors (Lipinski definition) is 0. The van der Waals surface area contributed by atoms with Crippen molar-refractivity contribution in [1.29, 1.82) is 0 Å². The van der Waals surface area contributed by atoms with Crippen molar-refractivity contribution >= 4 is 33.5 Å². The lowest BCUT2D eigenvalue weighted by Gasteiger charge is -2.04. The normalized spacial score (nSPS) is 10.0. The van der Waals surface area contributed by atoms with E-state index in [0.717, 1.165) is 6.07 Å². The summed E-state index contributed by atoms with van der Waals surface area (Å²) in [6, 6.07) is 2.37. The van der Waals surface area contributed by atoms with Gasteiger partial charge in [0.05, 0.1) is 21.7 Å². The maximum absolute atomic E-state index is 12.9. The standard InChI is InChI=1S/C9H7BrClFO2/c1-2-14-9(13)5-3-6(10)8(12)4-7(5)11/h3-4H,2H2,1H3. The molecule has 0 fully saturated rings. The number of ether oxygens (including phenoxy) is 1. The van der Waals surface area contributed by atoms with E-state index in [1.54, 1.807) is 6.92 Å². The molecular formula is C9H7BrClFO2. The Labute approximate surface area is 94.1 Å². The fraction of sp³-hybridized carbons (Fsp3) is 0.222. The zero-order valence-electron chi connectivity index (χ0n) is 7.31. The molecule has 0 spiro atoms. The Morgan fingerprint density at radius 2 is 2.29 bits per heavy atom. The van der Waals surface area contributed by atoms with Gasteiger partial charge in [0.15, 0.2) is 0 Å². The number of halogens is 3. The molecule has 1 rings (SSSR count). The van der Waals surface area contributed by atoms with Crippen LogP contribution in [0.25, 0.3) is 0 Å². The maximum atomic E-state index is 12.9. The van der Waals surface area contributed by atoms with Crippen LogP contribution in [0.5, 0.6) is 0 Å². The summed E-state index contributed by atoms with van der Waals surface area (Å²) in [5.41, 5.74) is 0.154. The number of rotatable bonds is 2. The third-order valence-corrected chi connectivity index (χ3v) is 2.43. The predicted molar refractivity (Wildman–Crippen MR) is 55.1 cm³/mol. The minimum atomic E-state index is -0.557. The SMILES string of the molecule is CCOC(=O)c1cc(Br)c(F)cc1Cl. The molecule has 5 heteroatoms. The van der Waals surface area contributed by atoms with Gasteiger partial charge in [-0.3, -0.25) is 0 Å². The fourth-order valence-electron chi connectivity index (χ4n) is 0.888. The van der Waals surface area contributed by atoms with E-state index in [-0.39, 0.29) is 21.7 Å². The van der Waals surface area contributed by atoms with Gasteiger partial charge in [-0.15, -0.1) is 0 Å². The van der Waals surface area contributed by atoms with Gasteiger partial charge in [-0.2, -0.15) is 0 Å². The molecule has 76 valence electrons. The van der Waals surface area contributed by atoms with Crippen molar-refractivity contribution < 1.29 is 13.9 Å². The molecule has 0 amide bonds. The van der Waals surface area contributed by atoms with Gasteiger partial charge in [-0.05, 0) is 35.0 Å². The number of carbonyl (C=O) groups excluding carboxylic acids is 1. The van der Waals surface area contributed by atoms with Crippen molar-refractivity contribution in [2.24, 2.45) is 0 Å². The molecule has 14 heavy (non-hydrogen) atoms. The van der Waals surface area contributed by atoms with Crippen molar-refractivity contribution in [2.75, 3.05) is 6.61 Å². The minimum absolute atomic E-state index is 0.0455.